The van der Waals surface area contributed by atoms with Crippen molar-refractivity contribution in [2.45, 2.75) is 57.9 Å². The van der Waals surface area contributed by atoms with E-state index in [1.807, 2.05) is 17.5 Å². The van der Waals surface area contributed by atoms with Gasteiger partial charge in [0.2, 0.25) is 5.91 Å². The number of amides is 1. The van der Waals surface area contributed by atoms with Gasteiger partial charge in [-0.1, -0.05) is 6.42 Å². The van der Waals surface area contributed by atoms with Crippen LogP contribution >= 0.6 is 11.3 Å². The van der Waals surface area contributed by atoms with Gasteiger partial charge in [-0.2, -0.15) is 18.3 Å². The number of thiophene rings is 1. The van der Waals surface area contributed by atoms with E-state index in [-0.39, 0.29) is 11.8 Å². The van der Waals surface area contributed by atoms with E-state index < -0.39 is 12.1 Å². The Morgan fingerprint density at radius 2 is 2.00 bits per heavy atom. The second-order valence-electron chi connectivity index (χ2n) is 8.11. The quantitative estimate of drug-likeness (QED) is 0.669. The van der Waals surface area contributed by atoms with Crippen molar-refractivity contribution < 1.29 is 27.9 Å². The van der Waals surface area contributed by atoms with Crippen molar-refractivity contribution in [3.05, 3.63) is 39.8 Å². The number of carboxylic acid groups (broad SMARTS) is 1. The topological polar surface area (TPSA) is 87.5 Å². The molecule has 0 radical (unpaired) electrons. The highest BCUT2D eigenvalue weighted by Crippen LogP contribution is 2.27. The van der Waals surface area contributed by atoms with E-state index in [1.54, 1.807) is 0 Å². The van der Waals surface area contributed by atoms with E-state index >= 15 is 0 Å². The minimum atomic E-state index is -5.08. The average molecular weight is 473 g/mol. The average Bonchev–Trinajstić information content (AvgIpc) is 3.29. The van der Waals surface area contributed by atoms with Gasteiger partial charge in [0.05, 0.1) is 11.7 Å². The molecule has 1 fully saturated rings. The number of aromatic nitrogens is 2. The van der Waals surface area contributed by atoms with Crippen LogP contribution in [-0.4, -0.2) is 50.9 Å². The molecule has 11 heteroatoms. The summed E-state index contributed by atoms with van der Waals surface area (Å²) >= 11 is 1.88. The zero-order valence-corrected chi connectivity index (χ0v) is 18.6. The van der Waals surface area contributed by atoms with Gasteiger partial charge in [-0.25, -0.2) is 4.79 Å². The van der Waals surface area contributed by atoms with Crippen LogP contribution in [0, 0.1) is 12.8 Å². The highest BCUT2D eigenvalue weighted by atomic mass is 32.1. The predicted molar refractivity (Wildman–Crippen MR) is 113 cm³/mol. The lowest BCUT2D eigenvalue weighted by Gasteiger charge is -2.34. The first kappa shape index (κ1) is 24.2. The summed E-state index contributed by atoms with van der Waals surface area (Å²) < 4.78 is 33.9. The summed E-state index contributed by atoms with van der Waals surface area (Å²) in [7, 11) is 0. The number of halogens is 3. The van der Waals surface area contributed by atoms with E-state index in [0.717, 1.165) is 45.4 Å². The van der Waals surface area contributed by atoms with Crippen molar-refractivity contribution in [2.24, 2.45) is 5.92 Å². The van der Waals surface area contributed by atoms with Gasteiger partial charge in [0.25, 0.3) is 0 Å². The largest absolute Gasteiger partial charge is 0.490 e. The molecule has 1 unspecified atom stereocenters. The van der Waals surface area contributed by atoms with E-state index in [4.69, 9.17) is 9.90 Å². The number of carbonyl (C=O) groups is 2. The summed E-state index contributed by atoms with van der Waals surface area (Å²) in [6, 6.07) is 6.88. The smallest absolute Gasteiger partial charge is 0.475 e. The van der Waals surface area contributed by atoms with E-state index in [0.29, 0.717) is 6.04 Å². The lowest BCUT2D eigenvalue weighted by molar-refractivity contribution is -0.192. The molecule has 2 aromatic heterocycles. The molecule has 4 rings (SSSR count). The fourth-order valence-electron chi connectivity index (χ4n) is 3.77. The van der Waals surface area contributed by atoms with Gasteiger partial charge in [-0.15, -0.1) is 11.3 Å². The molecule has 176 valence electrons. The first-order chi connectivity index (χ1) is 15.1. The molecule has 7 nitrogen and oxygen atoms in total. The molecular formula is C21H27F3N4O3S. The second-order valence-corrected chi connectivity index (χ2v) is 9.49. The molecule has 2 aromatic rings. The minimum Gasteiger partial charge on any atom is -0.475 e. The molecule has 1 atom stereocenters. The number of carboxylic acids is 1. The highest BCUT2D eigenvalue weighted by Gasteiger charge is 2.38. The maximum Gasteiger partial charge on any atom is 0.490 e. The Labute approximate surface area is 188 Å². The lowest BCUT2D eigenvalue weighted by atomic mass is 9.85. The van der Waals surface area contributed by atoms with Gasteiger partial charge < -0.3 is 10.4 Å². The Morgan fingerprint density at radius 1 is 1.28 bits per heavy atom. The molecule has 0 aromatic carbocycles. The van der Waals surface area contributed by atoms with Crippen molar-refractivity contribution in [3.8, 4) is 0 Å². The molecule has 1 saturated carbocycles. The van der Waals surface area contributed by atoms with Crippen LogP contribution in [0.25, 0.3) is 0 Å². The number of nitrogens with one attached hydrogen (secondary N) is 1. The number of alkyl halides is 3. The van der Waals surface area contributed by atoms with Gasteiger partial charge in [-0.05, 0) is 44.4 Å². The van der Waals surface area contributed by atoms with Crippen LogP contribution in [0.1, 0.15) is 47.2 Å². The third kappa shape index (κ3) is 6.55. The molecule has 0 spiro atoms. The maximum absolute atomic E-state index is 12.0. The zero-order chi connectivity index (χ0) is 23.3. The van der Waals surface area contributed by atoms with Crippen LogP contribution in [0.3, 0.4) is 0 Å². The van der Waals surface area contributed by atoms with Gasteiger partial charge in [-0.3, -0.25) is 14.4 Å². The first-order valence-corrected chi connectivity index (χ1v) is 11.3. The Bertz CT molecular complexity index is 924. The van der Waals surface area contributed by atoms with Crippen LogP contribution in [0.5, 0.6) is 0 Å². The number of fused-ring (bicyclic) bond motifs is 1. The van der Waals surface area contributed by atoms with Crippen molar-refractivity contribution >= 4 is 23.2 Å². The van der Waals surface area contributed by atoms with Gasteiger partial charge in [0.1, 0.15) is 0 Å². The van der Waals surface area contributed by atoms with E-state index in [2.05, 4.69) is 45.1 Å². The number of hydrogen-bond acceptors (Lipinski definition) is 5. The summed E-state index contributed by atoms with van der Waals surface area (Å²) in [6.07, 6.45) is 1.08. The van der Waals surface area contributed by atoms with Crippen LogP contribution in [0.15, 0.2) is 24.4 Å². The molecule has 0 bridgehead atoms. The van der Waals surface area contributed by atoms with Crippen molar-refractivity contribution in [1.82, 2.24) is 20.0 Å². The molecule has 1 aliphatic carbocycles. The number of hydrogen-bond donors (Lipinski definition) is 2. The minimum absolute atomic E-state index is 0.244. The number of aryl methyl sites for hydroxylation is 1. The van der Waals surface area contributed by atoms with E-state index in [9.17, 15) is 18.0 Å². The van der Waals surface area contributed by atoms with Crippen molar-refractivity contribution in [3.63, 3.8) is 0 Å². The summed E-state index contributed by atoms with van der Waals surface area (Å²) in [5.41, 5.74) is 1.27. The summed E-state index contributed by atoms with van der Waals surface area (Å²) in [6.45, 7) is 5.83. The standard InChI is InChI=1S/C19H26N4OS.C2HF3O2/c1-14-5-6-18(25-14)13-22-11-16(23-17(12-22)8-10-21-23)7-9-20-19(24)15-3-2-4-15;3-2(4,5)1(6)7/h5-6,8,10,15-16H,2-4,7,9,11-13H2,1H3,(H,20,24);(H,6,7). The Balaban J connectivity index is 0.000000360. The molecule has 2 N–H and O–H groups in total. The monoisotopic (exact) mass is 472 g/mol. The molecule has 32 heavy (non-hydrogen) atoms. The number of aliphatic carboxylic acids is 1. The lowest BCUT2D eigenvalue weighted by Crippen LogP contribution is -2.40. The van der Waals surface area contributed by atoms with Gasteiger partial charge in [0, 0.05) is 48.0 Å². The highest BCUT2D eigenvalue weighted by molar-refractivity contribution is 7.11. The van der Waals surface area contributed by atoms with Crippen LogP contribution < -0.4 is 5.32 Å². The van der Waals surface area contributed by atoms with Gasteiger partial charge >= 0.3 is 12.1 Å². The Hall–Kier alpha value is -2.40. The van der Waals surface area contributed by atoms with Gasteiger partial charge in [0.15, 0.2) is 0 Å². The summed E-state index contributed by atoms with van der Waals surface area (Å²) in [4.78, 5) is 26.2. The van der Waals surface area contributed by atoms with Crippen LogP contribution in [-0.2, 0) is 22.7 Å². The second kappa shape index (κ2) is 10.5. The number of nitrogens with zero attached hydrogens (tertiary/aromatic N) is 3. The van der Waals surface area contributed by atoms with Crippen molar-refractivity contribution in [1.29, 1.82) is 0 Å². The molecule has 3 heterocycles. The molecule has 1 aliphatic heterocycles. The molecule has 1 amide bonds. The zero-order valence-electron chi connectivity index (χ0n) is 17.8. The fraction of sp³-hybridized carbons (Fsp3) is 0.571. The SMILES string of the molecule is Cc1ccc(CN2Cc3ccnn3C(CCNC(=O)C3CCC3)C2)s1.O=C(O)C(F)(F)F. The number of carbonyl (C=O) groups excluding carboxylic acids is 1. The predicted octanol–water partition coefficient (Wildman–Crippen LogP) is 3.75. The van der Waals surface area contributed by atoms with Crippen molar-refractivity contribution in [2.75, 3.05) is 13.1 Å². The normalized spacial score (nSPS) is 18.8. The van der Waals surface area contributed by atoms with Crippen LogP contribution in [0.2, 0.25) is 0 Å². The fourth-order valence-corrected chi connectivity index (χ4v) is 4.70. The maximum atomic E-state index is 12.0. The summed E-state index contributed by atoms with van der Waals surface area (Å²) in [5.74, 6) is -2.24. The Morgan fingerprint density at radius 3 is 2.56 bits per heavy atom. The Kier molecular flexibility index (Phi) is 7.94. The van der Waals surface area contributed by atoms with E-state index in [1.165, 1.54) is 21.9 Å². The summed E-state index contributed by atoms with van der Waals surface area (Å²) in [5, 5.41) is 14.8. The molecule has 0 saturated heterocycles. The number of rotatable bonds is 6. The first-order valence-electron chi connectivity index (χ1n) is 10.5. The third-order valence-corrected chi connectivity index (χ3v) is 6.61. The molecular weight excluding hydrogens is 445 g/mol. The molecule has 2 aliphatic rings. The third-order valence-electron chi connectivity index (χ3n) is 5.62. The van der Waals surface area contributed by atoms with Crippen LogP contribution in [0.4, 0.5) is 13.2 Å².